The lowest BCUT2D eigenvalue weighted by molar-refractivity contribution is 0.189. The quantitative estimate of drug-likeness (QED) is 0.808. The van der Waals surface area contributed by atoms with E-state index in [0.29, 0.717) is 0 Å². The van der Waals surface area contributed by atoms with Crippen molar-refractivity contribution in [2.75, 3.05) is 31.1 Å². The summed E-state index contributed by atoms with van der Waals surface area (Å²) in [5.74, 6) is 3.06. The van der Waals surface area contributed by atoms with Crippen LogP contribution in [0.4, 0.5) is 5.82 Å². The first-order chi connectivity index (χ1) is 9.29. The van der Waals surface area contributed by atoms with Gasteiger partial charge >= 0.3 is 0 Å². The molecule has 19 heavy (non-hydrogen) atoms. The molecule has 1 saturated carbocycles. The number of rotatable bonds is 2. The van der Waals surface area contributed by atoms with Crippen LogP contribution in [0, 0.1) is 18.8 Å². The standard InChI is InChI=1S/C15H22N4/c1-11-5-6-15(17-16-11)19-9-14(10-19)18-7-12-3-2-4-13(12)8-18/h5-6,12-14H,2-4,7-10H2,1H3. The highest BCUT2D eigenvalue weighted by molar-refractivity contribution is 5.41. The van der Waals surface area contributed by atoms with Crippen LogP contribution in [0.2, 0.25) is 0 Å². The molecule has 2 saturated heterocycles. The van der Waals surface area contributed by atoms with Crippen LogP contribution in [0.3, 0.4) is 0 Å². The lowest BCUT2D eigenvalue weighted by Gasteiger charge is -2.44. The van der Waals surface area contributed by atoms with E-state index >= 15 is 0 Å². The second kappa shape index (κ2) is 4.44. The van der Waals surface area contributed by atoms with Gasteiger partial charge in [-0.3, -0.25) is 4.90 Å². The zero-order valence-electron chi connectivity index (χ0n) is 11.6. The molecule has 0 N–H and O–H groups in total. The summed E-state index contributed by atoms with van der Waals surface area (Å²) < 4.78 is 0. The minimum Gasteiger partial charge on any atom is -0.352 e. The predicted octanol–water partition coefficient (Wildman–Crippen LogP) is 1.71. The Labute approximate surface area is 114 Å². The van der Waals surface area contributed by atoms with Crippen molar-refractivity contribution >= 4 is 5.82 Å². The van der Waals surface area contributed by atoms with Crippen molar-refractivity contribution in [2.45, 2.75) is 32.2 Å². The first-order valence-corrected chi connectivity index (χ1v) is 7.59. The molecule has 2 atom stereocenters. The Morgan fingerprint density at radius 2 is 1.74 bits per heavy atom. The number of aromatic nitrogens is 2. The van der Waals surface area contributed by atoms with Crippen LogP contribution in [-0.4, -0.2) is 47.3 Å². The van der Waals surface area contributed by atoms with Crippen LogP contribution in [0.25, 0.3) is 0 Å². The molecule has 4 rings (SSSR count). The molecule has 1 aromatic rings. The van der Waals surface area contributed by atoms with Gasteiger partial charge in [0, 0.05) is 32.2 Å². The average molecular weight is 258 g/mol. The van der Waals surface area contributed by atoms with Gasteiger partial charge in [-0.15, -0.1) is 5.10 Å². The Morgan fingerprint density at radius 3 is 2.37 bits per heavy atom. The lowest BCUT2D eigenvalue weighted by Crippen LogP contribution is -2.59. The molecule has 0 amide bonds. The molecule has 1 aromatic heterocycles. The maximum atomic E-state index is 4.28. The minimum absolute atomic E-state index is 0.758. The third-order valence-electron chi connectivity index (χ3n) is 5.24. The zero-order chi connectivity index (χ0) is 12.8. The summed E-state index contributed by atoms with van der Waals surface area (Å²) in [7, 11) is 0. The van der Waals surface area contributed by atoms with Crippen LogP contribution < -0.4 is 4.90 Å². The summed E-state index contributed by atoms with van der Waals surface area (Å²) in [4.78, 5) is 5.08. The number of hydrogen-bond donors (Lipinski definition) is 0. The number of hydrogen-bond acceptors (Lipinski definition) is 4. The van der Waals surface area contributed by atoms with Crippen molar-refractivity contribution in [2.24, 2.45) is 11.8 Å². The van der Waals surface area contributed by atoms with Crippen molar-refractivity contribution in [3.8, 4) is 0 Å². The summed E-state index contributed by atoms with van der Waals surface area (Å²) in [5.41, 5.74) is 0.994. The number of likely N-dealkylation sites (tertiary alicyclic amines) is 1. The topological polar surface area (TPSA) is 32.3 Å². The first-order valence-electron chi connectivity index (χ1n) is 7.59. The number of nitrogens with zero attached hydrogens (tertiary/aromatic N) is 4. The van der Waals surface area contributed by atoms with Crippen molar-refractivity contribution < 1.29 is 0 Å². The second-order valence-corrected chi connectivity index (χ2v) is 6.50. The van der Waals surface area contributed by atoms with Gasteiger partial charge in [0.2, 0.25) is 0 Å². The van der Waals surface area contributed by atoms with Gasteiger partial charge in [-0.25, -0.2) is 0 Å². The van der Waals surface area contributed by atoms with E-state index in [1.165, 1.54) is 32.4 Å². The maximum absolute atomic E-state index is 4.28. The fourth-order valence-electron chi connectivity index (χ4n) is 4.00. The molecule has 0 bridgehead atoms. The molecule has 0 aromatic carbocycles. The molecular formula is C15H22N4. The molecule has 3 heterocycles. The summed E-state index contributed by atoms with van der Waals surface area (Å²) in [6, 6.07) is 4.90. The van der Waals surface area contributed by atoms with Crippen LogP contribution in [0.1, 0.15) is 25.0 Å². The van der Waals surface area contributed by atoms with E-state index in [-0.39, 0.29) is 0 Å². The fraction of sp³-hybridized carbons (Fsp3) is 0.733. The molecule has 0 spiro atoms. The highest BCUT2D eigenvalue weighted by Gasteiger charge is 2.42. The number of aryl methyl sites for hydroxylation is 1. The van der Waals surface area contributed by atoms with E-state index < -0.39 is 0 Å². The van der Waals surface area contributed by atoms with Gasteiger partial charge in [0.15, 0.2) is 5.82 Å². The predicted molar refractivity (Wildman–Crippen MR) is 75.2 cm³/mol. The lowest BCUT2D eigenvalue weighted by atomic mass is 10.0. The molecule has 4 heteroatoms. The van der Waals surface area contributed by atoms with Gasteiger partial charge in [-0.05, 0) is 43.7 Å². The second-order valence-electron chi connectivity index (χ2n) is 6.50. The highest BCUT2D eigenvalue weighted by atomic mass is 15.4. The Bertz CT molecular complexity index is 440. The molecule has 2 unspecified atom stereocenters. The molecular weight excluding hydrogens is 236 g/mol. The van der Waals surface area contributed by atoms with Crippen LogP contribution >= 0.6 is 0 Å². The Hall–Kier alpha value is -1.16. The fourth-order valence-corrected chi connectivity index (χ4v) is 4.00. The SMILES string of the molecule is Cc1ccc(N2CC(N3CC4CCCC4C3)C2)nn1. The largest absolute Gasteiger partial charge is 0.352 e. The van der Waals surface area contributed by atoms with Crippen molar-refractivity contribution in [3.63, 3.8) is 0 Å². The number of anilines is 1. The van der Waals surface area contributed by atoms with E-state index in [9.17, 15) is 0 Å². The van der Waals surface area contributed by atoms with Gasteiger partial charge in [0.1, 0.15) is 0 Å². The van der Waals surface area contributed by atoms with Crippen molar-refractivity contribution in [3.05, 3.63) is 17.8 Å². The van der Waals surface area contributed by atoms with E-state index in [0.717, 1.165) is 42.5 Å². The molecule has 0 radical (unpaired) electrons. The normalized spacial score (nSPS) is 31.5. The van der Waals surface area contributed by atoms with Crippen LogP contribution in [0.15, 0.2) is 12.1 Å². The summed E-state index contributed by atoms with van der Waals surface area (Å²) in [5, 5.41) is 8.42. The Morgan fingerprint density at radius 1 is 1.00 bits per heavy atom. The molecule has 102 valence electrons. The average Bonchev–Trinajstić information content (AvgIpc) is 2.90. The van der Waals surface area contributed by atoms with Gasteiger partial charge in [-0.1, -0.05) is 6.42 Å². The highest BCUT2D eigenvalue weighted by Crippen LogP contribution is 2.39. The molecule has 2 aliphatic heterocycles. The van der Waals surface area contributed by atoms with Gasteiger partial charge in [-0.2, -0.15) is 5.10 Å². The summed E-state index contributed by atoms with van der Waals surface area (Å²) in [6.45, 7) is 6.96. The van der Waals surface area contributed by atoms with E-state index in [4.69, 9.17) is 0 Å². The van der Waals surface area contributed by atoms with Crippen LogP contribution in [-0.2, 0) is 0 Å². The molecule has 4 nitrogen and oxygen atoms in total. The first kappa shape index (κ1) is 11.6. The van der Waals surface area contributed by atoms with Gasteiger partial charge < -0.3 is 4.90 Å². The molecule has 1 aliphatic carbocycles. The van der Waals surface area contributed by atoms with Gasteiger partial charge in [0.05, 0.1) is 5.69 Å². The monoisotopic (exact) mass is 258 g/mol. The third kappa shape index (κ3) is 2.02. The number of fused-ring (bicyclic) bond motifs is 1. The van der Waals surface area contributed by atoms with Crippen LogP contribution in [0.5, 0.6) is 0 Å². The Kier molecular flexibility index (Phi) is 2.72. The van der Waals surface area contributed by atoms with Gasteiger partial charge in [0.25, 0.3) is 0 Å². The Balaban J connectivity index is 1.34. The van der Waals surface area contributed by atoms with E-state index in [1.54, 1.807) is 0 Å². The third-order valence-corrected chi connectivity index (χ3v) is 5.24. The summed E-state index contributed by atoms with van der Waals surface area (Å²) >= 11 is 0. The minimum atomic E-state index is 0.758. The molecule has 3 fully saturated rings. The van der Waals surface area contributed by atoms with E-state index in [1.807, 2.05) is 6.92 Å². The van der Waals surface area contributed by atoms with Crippen molar-refractivity contribution in [1.82, 2.24) is 15.1 Å². The van der Waals surface area contributed by atoms with E-state index in [2.05, 4.69) is 32.1 Å². The summed E-state index contributed by atoms with van der Waals surface area (Å²) in [6.07, 6.45) is 4.42. The maximum Gasteiger partial charge on any atom is 0.151 e. The zero-order valence-corrected chi connectivity index (χ0v) is 11.6. The smallest absolute Gasteiger partial charge is 0.151 e. The van der Waals surface area contributed by atoms with Crippen molar-refractivity contribution in [1.29, 1.82) is 0 Å². The molecule has 3 aliphatic rings.